The fourth-order valence-electron chi connectivity index (χ4n) is 2.11. The number of aromatic nitrogens is 2. The van der Waals surface area contributed by atoms with Gasteiger partial charge >= 0.3 is 0 Å². The normalized spacial score (nSPS) is 17.0. The van der Waals surface area contributed by atoms with Crippen LogP contribution < -0.4 is 4.90 Å². The quantitative estimate of drug-likeness (QED) is 0.788. The van der Waals surface area contributed by atoms with Crippen molar-refractivity contribution in [3.8, 4) is 0 Å². The Bertz CT molecular complexity index is 499. The van der Waals surface area contributed by atoms with E-state index in [4.69, 9.17) is 0 Å². The fraction of sp³-hybridized carbons (Fsp3) is 0.333. The van der Waals surface area contributed by atoms with Crippen LogP contribution in [0.15, 0.2) is 24.3 Å². The lowest BCUT2D eigenvalue weighted by molar-refractivity contribution is -0.118. The summed E-state index contributed by atoms with van der Waals surface area (Å²) in [5, 5.41) is 0. The number of para-hydroxylation sites is 2. The topological polar surface area (TPSA) is 49.0 Å². The van der Waals surface area contributed by atoms with Crippen LogP contribution >= 0.6 is 0 Å². The molecule has 1 aliphatic rings. The van der Waals surface area contributed by atoms with Gasteiger partial charge in [0.05, 0.1) is 17.6 Å². The molecule has 0 bridgehead atoms. The van der Waals surface area contributed by atoms with Crippen LogP contribution in [0.1, 0.15) is 12.8 Å². The number of fused-ring (bicyclic) bond motifs is 1. The molecule has 1 aromatic heterocycles. The van der Waals surface area contributed by atoms with Gasteiger partial charge < -0.3 is 9.88 Å². The summed E-state index contributed by atoms with van der Waals surface area (Å²) in [6.45, 7) is 1.39. The number of H-pyrrole nitrogens is 1. The van der Waals surface area contributed by atoms with Gasteiger partial charge in [0, 0.05) is 13.0 Å². The van der Waals surface area contributed by atoms with Crippen LogP contribution in [0.4, 0.5) is 5.95 Å². The number of piperidine rings is 1. The number of nitrogens with one attached hydrogen (secondary N) is 1. The largest absolute Gasteiger partial charge is 0.335 e. The van der Waals surface area contributed by atoms with Crippen LogP contribution in [0.25, 0.3) is 11.0 Å². The van der Waals surface area contributed by atoms with Crippen molar-refractivity contribution < 1.29 is 4.79 Å². The molecule has 0 atom stereocenters. The van der Waals surface area contributed by atoms with E-state index in [9.17, 15) is 4.79 Å². The Labute approximate surface area is 93.3 Å². The summed E-state index contributed by atoms with van der Waals surface area (Å²) in [7, 11) is 0. The highest BCUT2D eigenvalue weighted by molar-refractivity contribution is 5.85. The van der Waals surface area contributed by atoms with Crippen LogP contribution in [-0.4, -0.2) is 28.8 Å². The highest BCUT2D eigenvalue weighted by atomic mass is 16.1. The van der Waals surface area contributed by atoms with E-state index in [-0.39, 0.29) is 0 Å². The lowest BCUT2D eigenvalue weighted by Gasteiger charge is -2.24. The maximum absolute atomic E-state index is 11.4. The first-order chi connectivity index (χ1) is 7.83. The van der Waals surface area contributed by atoms with Crippen molar-refractivity contribution in [2.75, 3.05) is 18.0 Å². The van der Waals surface area contributed by atoms with E-state index >= 15 is 0 Å². The molecule has 0 radical (unpaired) electrons. The Kier molecular flexibility index (Phi) is 2.13. The number of rotatable bonds is 1. The van der Waals surface area contributed by atoms with Crippen LogP contribution in [-0.2, 0) is 4.79 Å². The van der Waals surface area contributed by atoms with Crippen LogP contribution in [0, 0.1) is 0 Å². The summed E-state index contributed by atoms with van der Waals surface area (Å²) in [6, 6.07) is 7.92. The molecule has 0 aliphatic carbocycles. The average molecular weight is 215 g/mol. The number of hydrogen-bond acceptors (Lipinski definition) is 3. The van der Waals surface area contributed by atoms with E-state index in [0.29, 0.717) is 18.7 Å². The molecule has 0 amide bonds. The molecule has 1 saturated heterocycles. The first kappa shape index (κ1) is 9.39. The van der Waals surface area contributed by atoms with E-state index in [1.165, 1.54) is 0 Å². The van der Waals surface area contributed by atoms with Crippen molar-refractivity contribution in [3.05, 3.63) is 24.3 Å². The van der Waals surface area contributed by atoms with Crippen molar-refractivity contribution in [3.63, 3.8) is 0 Å². The zero-order valence-corrected chi connectivity index (χ0v) is 8.94. The molecule has 1 aliphatic heterocycles. The SMILES string of the molecule is O=C1CCCN(c2nc3ccccc3[nH]2)C1. The fourth-order valence-corrected chi connectivity index (χ4v) is 2.11. The first-order valence-corrected chi connectivity index (χ1v) is 5.54. The lowest BCUT2D eigenvalue weighted by Crippen LogP contribution is -2.36. The number of Topliss-reactive ketones (excluding diaryl/α,β-unsaturated/α-hetero) is 1. The molecular formula is C12H13N3O. The minimum atomic E-state index is 0.298. The summed E-state index contributed by atoms with van der Waals surface area (Å²) in [4.78, 5) is 21.1. The third-order valence-electron chi connectivity index (χ3n) is 2.93. The number of hydrogen-bond donors (Lipinski definition) is 1. The van der Waals surface area contributed by atoms with Crippen LogP contribution in [0.2, 0.25) is 0 Å². The van der Waals surface area contributed by atoms with Gasteiger partial charge in [-0.05, 0) is 18.6 Å². The standard InChI is InChI=1S/C12H13N3O/c16-9-4-3-7-15(8-9)12-13-10-5-1-2-6-11(10)14-12/h1-2,5-6H,3-4,7-8H2,(H,13,14). The highest BCUT2D eigenvalue weighted by Gasteiger charge is 2.19. The summed E-state index contributed by atoms with van der Waals surface area (Å²) in [6.07, 6.45) is 1.63. The maximum atomic E-state index is 11.4. The van der Waals surface area contributed by atoms with Crippen molar-refractivity contribution in [1.82, 2.24) is 9.97 Å². The second-order valence-electron chi connectivity index (χ2n) is 4.14. The summed E-state index contributed by atoms with van der Waals surface area (Å²) >= 11 is 0. The van der Waals surface area contributed by atoms with E-state index in [1.54, 1.807) is 0 Å². The van der Waals surface area contributed by atoms with Crippen molar-refractivity contribution in [2.45, 2.75) is 12.8 Å². The molecule has 1 aromatic carbocycles. The van der Waals surface area contributed by atoms with Gasteiger partial charge in [0.25, 0.3) is 0 Å². The number of anilines is 1. The molecule has 0 saturated carbocycles. The van der Waals surface area contributed by atoms with Crippen LogP contribution in [0.3, 0.4) is 0 Å². The molecule has 0 spiro atoms. The van der Waals surface area contributed by atoms with Gasteiger partial charge in [-0.15, -0.1) is 0 Å². The second kappa shape index (κ2) is 3.63. The summed E-state index contributed by atoms with van der Waals surface area (Å²) in [5.41, 5.74) is 1.98. The molecule has 3 rings (SSSR count). The zero-order valence-electron chi connectivity index (χ0n) is 8.94. The van der Waals surface area contributed by atoms with Gasteiger partial charge in [0.2, 0.25) is 5.95 Å². The summed E-state index contributed by atoms with van der Waals surface area (Å²) in [5.74, 6) is 1.11. The molecule has 4 nitrogen and oxygen atoms in total. The predicted molar refractivity (Wildman–Crippen MR) is 62.5 cm³/mol. The number of carbonyl (C=O) groups excluding carboxylic acids is 1. The lowest BCUT2D eigenvalue weighted by atomic mass is 10.1. The molecule has 2 aromatic rings. The molecule has 0 unspecified atom stereocenters. The van der Waals surface area contributed by atoms with Crippen molar-refractivity contribution >= 4 is 22.8 Å². The van der Waals surface area contributed by atoms with E-state index in [2.05, 4.69) is 9.97 Å². The van der Waals surface area contributed by atoms with E-state index in [0.717, 1.165) is 29.9 Å². The monoisotopic (exact) mass is 215 g/mol. The molecular weight excluding hydrogens is 202 g/mol. The van der Waals surface area contributed by atoms with Gasteiger partial charge in [0.15, 0.2) is 5.78 Å². The first-order valence-electron chi connectivity index (χ1n) is 5.54. The van der Waals surface area contributed by atoms with Gasteiger partial charge in [-0.25, -0.2) is 4.98 Å². The Balaban J connectivity index is 1.96. The highest BCUT2D eigenvalue weighted by Crippen LogP contribution is 2.19. The third kappa shape index (κ3) is 1.56. The number of imidazole rings is 1. The Morgan fingerprint density at radius 3 is 3.00 bits per heavy atom. The molecule has 2 heterocycles. The molecule has 16 heavy (non-hydrogen) atoms. The summed E-state index contributed by atoms with van der Waals surface area (Å²) < 4.78 is 0. The minimum Gasteiger partial charge on any atom is -0.335 e. The van der Waals surface area contributed by atoms with Gasteiger partial charge in [-0.2, -0.15) is 0 Å². The predicted octanol–water partition coefficient (Wildman–Crippen LogP) is 1.73. The third-order valence-corrected chi connectivity index (χ3v) is 2.93. The number of benzene rings is 1. The molecule has 1 fully saturated rings. The number of aromatic amines is 1. The van der Waals surface area contributed by atoms with Crippen LogP contribution in [0.5, 0.6) is 0 Å². The van der Waals surface area contributed by atoms with E-state index in [1.807, 2.05) is 29.2 Å². The Morgan fingerprint density at radius 2 is 2.19 bits per heavy atom. The second-order valence-corrected chi connectivity index (χ2v) is 4.14. The van der Waals surface area contributed by atoms with Gasteiger partial charge in [-0.1, -0.05) is 12.1 Å². The smallest absolute Gasteiger partial charge is 0.204 e. The maximum Gasteiger partial charge on any atom is 0.204 e. The number of carbonyl (C=O) groups is 1. The Hall–Kier alpha value is -1.84. The number of ketones is 1. The molecule has 82 valence electrons. The minimum absolute atomic E-state index is 0.298. The van der Waals surface area contributed by atoms with Crippen molar-refractivity contribution in [2.24, 2.45) is 0 Å². The van der Waals surface area contributed by atoms with Gasteiger partial charge in [0.1, 0.15) is 0 Å². The molecule has 1 N–H and O–H groups in total. The Morgan fingerprint density at radius 1 is 1.31 bits per heavy atom. The van der Waals surface area contributed by atoms with Crippen molar-refractivity contribution in [1.29, 1.82) is 0 Å². The molecule has 4 heteroatoms. The zero-order chi connectivity index (χ0) is 11.0. The number of nitrogens with zero attached hydrogens (tertiary/aromatic N) is 2. The van der Waals surface area contributed by atoms with Gasteiger partial charge in [-0.3, -0.25) is 4.79 Å². The average Bonchev–Trinajstić information content (AvgIpc) is 2.72. The van der Waals surface area contributed by atoms with E-state index < -0.39 is 0 Å².